The Labute approximate surface area is 159 Å². The zero-order chi connectivity index (χ0) is 20.5. The maximum Gasteiger partial charge on any atom is 0.416 e. The molecule has 2 heterocycles. The van der Waals surface area contributed by atoms with Crippen LogP contribution in [0.15, 0.2) is 34.9 Å². The van der Waals surface area contributed by atoms with Gasteiger partial charge in [0.1, 0.15) is 0 Å². The maximum absolute atomic E-state index is 12.8. The van der Waals surface area contributed by atoms with Gasteiger partial charge < -0.3 is 9.42 Å². The number of amides is 1. The van der Waals surface area contributed by atoms with E-state index in [0.717, 1.165) is 12.1 Å². The molecule has 28 heavy (non-hydrogen) atoms. The van der Waals surface area contributed by atoms with Crippen LogP contribution in [0.5, 0.6) is 0 Å². The second-order valence-corrected chi connectivity index (χ2v) is 8.45. The summed E-state index contributed by atoms with van der Waals surface area (Å²) in [6.45, 7) is 2.10. The number of carbonyl (C=O) groups is 1. The molecule has 0 spiro atoms. The van der Waals surface area contributed by atoms with Crippen molar-refractivity contribution in [2.24, 2.45) is 0 Å². The predicted octanol–water partition coefficient (Wildman–Crippen LogP) is 2.29. The summed E-state index contributed by atoms with van der Waals surface area (Å²) in [6, 6.07) is 5.76. The summed E-state index contributed by atoms with van der Waals surface area (Å²) in [6.07, 6.45) is -4.54. The van der Waals surface area contributed by atoms with Crippen LogP contribution in [0.3, 0.4) is 0 Å². The summed E-state index contributed by atoms with van der Waals surface area (Å²) in [5.74, 6) is -0.833. The molecule has 0 saturated carbocycles. The number of halogens is 3. The van der Waals surface area contributed by atoms with Crippen molar-refractivity contribution in [2.75, 3.05) is 26.2 Å². The molecule has 0 bridgehead atoms. The van der Waals surface area contributed by atoms with Gasteiger partial charge in [0.15, 0.2) is 0 Å². The molecule has 7 nitrogen and oxygen atoms in total. The molecule has 152 valence electrons. The normalized spacial score (nSPS) is 16.4. The Morgan fingerprint density at radius 2 is 1.86 bits per heavy atom. The van der Waals surface area contributed by atoms with Crippen molar-refractivity contribution in [2.45, 2.75) is 18.9 Å². The van der Waals surface area contributed by atoms with Gasteiger partial charge in [-0.05, 0) is 18.6 Å². The number of alkyl halides is 3. The summed E-state index contributed by atoms with van der Waals surface area (Å²) in [4.78, 5) is 13.8. The molecule has 0 aliphatic carbocycles. The number of benzene rings is 1. The van der Waals surface area contributed by atoms with E-state index in [9.17, 15) is 26.4 Å². The number of hydrogen-bond acceptors (Lipinski definition) is 5. The third-order valence-electron chi connectivity index (χ3n) is 4.36. The van der Waals surface area contributed by atoms with E-state index in [1.807, 2.05) is 0 Å². The summed E-state index contributed by atoms with van der Waals surface area (Å²) in [5, 5.41) is 3.65. The number of piperazine rings is 1. The molecule has 0 radical (unpaired) electrons. The van der Waals surface area contributed by atoms with Crippen molar-refractivity contribution in [1.29, 1.82) is 0 Å². The Morgan fingerprint density at radius 1 is 1.18 bits per heavy atom. The van der Waals surface area contributed by atoms with E-state index in [-0.39, 0.29) is 43.4 Å². The van der Waals surface area contributed by atoms with Gasteiger partial charge in [-0.3, -0.25) is 4.79 Å². The summed E-state index contributed by atoms with van der Waals surface area (Å²) in [5.41, 5.74) is -0.269. The Kier molecular flexibility index (Phi) is 5.48. The largest absolute Gasteiger partial charge is 0.416 e. The molecule has 1 aromatic carbocycles. The van der Waals surface area contributed by atoms with Crippen LogP contribution in [0.1, 0.15) is 27.4 Å². The van der Waals surface area contributed by atoms with E-state index in [1.54, 1.807) is 6.92 Å². The van der Waals surface area contributed by atoms with Crippen molar-refractivity contribution in [3.8, 4) is 0 Å². The fourth-order valence-corrected chi connectivity index (χ4v) is 4.43. The average Bonchev–Trinajstić information content (AvgIpc) is 3.07. The molecule has 1 aliphatic rings. The molecule has 0 atom stereocenters. The molecule has 2 aromatic rings. The van der Waals surface area contributed by atoms with Crippen LogP contribution >= 0.6 is 0 Å². The molecule has 3 rings (SSSR count). The predicted molar refractivity (Wildman–Crippen MR) is 92.8 cm³/mol. The van der Waals surface area contributed by atoms with Crippen LogP contribution in [0.2, 0.25) is 0 Å². The quantitative estimate of drug-likeness (QED) is 0.762. The van der Waals surface area contributed by atoms with Crippen LogP contribution in [0.4, 0.5) is 13.2 Å². The fourth-order valence-electron chi connectivity index (χ4n) is 2.93. The highest BCUT2D eigenvalue weighted by molar-refractivity contribution is 7.88. The second kappa shape index (κ2) is 7.55. The van der Waals surface area contributed by atoms with Crippen molar-refractivity contribution < 1.29 is 30.9 Å². The van der Waals surface area contributed by atoms with Gasteiger partial charge in [-0.25, -0.2) is 8.42 Å². The minimum atomic E-state index is -4.54. The van der Waals surface area contributed by atoms with E-state index in [2.05, 4.69) is 5.16 Å². The van der Waals surface area contributed by atoms with Crippen LogP contribution in [-0.4, -0.2) is 54.9 Å². The van der Waals surface area contributed by atoms with Gasteiger partial charge in [-0.1, -0.05) is 23.4 Å². The molecule has 11 heteroatoms. The SMILES string of the molecule is Cc1cc(C(=O)N2CCN(S(=O)(=O)Cc3cccc(C(F)(F)F)c3)CC2)on1. The standard InChI is InChI=1S/C17H18F3N3O4S/c1-12-9-15(27-21-12)16(24)22-5-7-23(8-6-22)28(25,26)11-13-3-2-4-14(10-13)17(18,19)20/h2-4,9-10H,5-8,11H2,1H3. The molecule has 1 aliphatic heterocycles. The summed E-state index contributed by atoms with van der Waals surface area (Å²) in [7, 11) is -3.82. The van der Waals surface area contributed by atoms with Crippen LogP contribution in [-0.2, 0) is 22.0 Å². The molecular formula is C17H18F3N3O4S. The Morgan fingerprint density at radius 3 is 2.43 bits per heavy atom. The topological polar surface area (TPSA) is 83.7 Å². The minimum Gasteiger partial charge on any atom is -0.351 e. The van der Waals surface area contributed by atoms with E-state index < -0.39 is 27.5 Å². The third kappa shape index (κ3) is 4.53. The van der Waals surface area contributed by atoms with E-state index in [0.29, 0.717) is 5.69 Å². The molecular weight excluding hydrogens is 399 g/mol. The average molecular weight is 417 g/mol. The smallest absolute Gasteiger partial charge is 0.351 e. The van der Waals surface area contributed by atoms with Gasteiger partial charge in [0.25, 0.3) is 5.91 Å². The molecule has 1 saturated heterocycles. The Bertz CT molecular complexity index is 964. The number of aryl methyl sites for hydroxylation is 1. The van der Waals surface area contributed by atoms with Crippen LogP contribution in [0.25, 0.3) is 0 Å². The molecule has 0 N–H and O–H groups in total. The third-order valence-corrected chi connectivity index (χ3v) is 6.21. The monoisotopic (exact) mass is 417 g/mol. The minimum absolute atomic E-state index is 0.0557. The van der Waals surface area contributed by atoms with Crippen molar-refractivity contribution >= 4 is 15.9 Å². The number of nitrogens with zero attached hydrogens (tertiary/aromatic N) is 3. The van der Waals surface area contributed by atoms with Crippen LogP contribution < -0.4 is 0 Å². The number of aromatic nitrogens is 1. The summed E-state index contributed by atoms with van der Waals surface area (Å²) < 4.78 is 69.7. The molecule has 0 unspecified atom stereocenters. The highest BCUT2D eigenvalue weighted by Gasteiger charge is 2.33. The van der Waals surface area contributed by atoms with E-state index >= 15 is 0 Å². The lowest BCUT2D eigenvalue weighted by Crippen LogP contribution is -2.50. The zero-order valence-electron chi connectivity index (χ0n) is 14.9. The van der Waals surface area contributed by atoms with Crippen molar-refractivity contribution in [3.05, 3.63) is 52.9 Å². The highest BCUT2D eigenvalue weighted by Crippen LogP contribution is 2.30. The van der Waals surface area contributed by atoms with Crippen molar-refractivity contribution in [3.63, 3.8) is 0 Å². The number of carbonyl (C=O) groups excluding carboxylic acids is 1. The lowest BCUT2D eigenvalue weighted by atomic mass is 10.1. The number of sulfonamides is 1. The highest BCUT2D eigenvalue weighted by atomic mass is 32.2. The number of rotatable bonds is 4. The fraction of sp³-hybridized carbons (Fsp3) is 0.412. The van der Waals surface area contributed by atoms with Crippen LogP contribution in [0, 0.1) is 6.92 Å². The van der Waals surface area contributed by atoms with E-state index in [4.69, 9.17) is 4.52 Å². The van der Waals surface area contributed by atoms with Gasteiger partial charge in [-0.15, -0.1) is 0 Å². The van der Waals surface area contributed by atoms with Gasteiger partial charge in [0.05, 0.1) is 17.0 Å². The first-order valence-corrected chi connectivity index (χ1v) is 10.0. The summed E-state index contributed by atoms with van der Waals surface area (Å²) >= 11 is 0. The first-order chi connectivity index (χ1) is 13.1. The van der Waals surface area contributed by atoms with Crippen molar-refractivity contribution in [1.82, 2.24) is 14.4 Å². The maximum atomic E-state index is 12.8. The zero-order valence-corrected chi connectivity index (χ0v) is 15.8. The lowest BCUT2D eigenvalue weighted by molar-refractivity contribution is -0.137. The Balaban J connectivity index is 1.64. The molecule has 1 aromatic heterocycles. The second-order valence-electron chi connectivity index (χ2n) is 6.48. The first kappa shape index (κ1) is 20.3. The molecule has 1 amide bonds. The first-order valence-electron chi connectivity index (χ1n) is 8.43. The van der Waals surface area contributed by atoms with Gasteiger partial charge in [0, 0.05) is 32.2 Å². The van der Waals surface area contributed by atoms with Gasteiger partial charge in [0.2, 0.25) is 15.8 Å². The van der Waals surface area contributed by atoms with E-state index in [1.165, 1.54) is 27.4 Å². The molecule has 1 fully saturated rings. The van der Waals surface area contributed by atoms with Gasteiger partial charge >= 0.3 is 6.18 Å². The number of hydrogen-bond donors (Lipinski definition) is 0. The van der Waals surface area contributed by atoms with Gasteiger partial charge in [-0.2, -0.15) is 17.5 Å². The lowest BCUT2D eigenvalue weighted by Gasteiger charge is -2.33. The Hall–Kier alpha value is -2.40.